The Balaban J connectivity index is 1.42. The molecule has 3 aromatic rings. The summed E-state index contributed by atoms with van der Waals surface area (Å²) in [6.07, 6.45) is 1.60. The molecule has 30 heavy (non-hydrogen) atoms. The summed E-state index contributed by atoms with van der Waals surface area (Å²) in [6.45, 7) is 4.28. The summed E-state index contributed by atoms with van der Waals surface area (Å²) in [4.78, 5) is 22.3. The van der Waals surface area contributed by atoms with Gasteiger partial charge >= 0.3 is 0 Å². The van der Waals surface area contributed by atoms with Crippen LogP contribution in [0, 0.1) is 18.3 Å². The largest absolute Gasteiger partial charge is 0.497 e. The fourth-order valence-electron chi connectivity index (χ4n) is 3.59. The number of ether oxygens (including phenoxy) is 1. The number of carbonyl (C=O) groups is 1. The zero-order valence-electron chi connectivity index (χ0n) is 16.9. The Kier molecular flexibility index (Phi) is 5.84. The second-order valence-corrected chi connectivity index (χ2v) is 8.24. The molecule has 1 unspecified atom stereocenters. The summed E-state index contributed by atoms with van der Waals surface area (Å²) in [7, 11) is 1.62. The van der Waals surface area contributed by atoms with Gasteiger partial charge < -0.3 is 14.1 Å². The van der Waals surface area contributed by atoms with Crippen LogP contribution in [0.1, 0.15) is 27.0 Å². The molecule has 1 aliphatic rings. The Morgan fingerprint density at radius 3 is 2.57 bits per heavy atom. The molecule has 1 aliphatic heterocycles. The summed E-state index contributed by atoms with van der Waals surface area (Å²) >= 11 is 1.46. The van der Waals surface area contributed by atoms with Gasteiger partial charge in [0.2, 0.25) is 0 Å². The number of nitriles is 1. The van der Waals surface area contributed by atoms with E-state index in [4.69, 9.17) is 9.15 Å². The van der Waals surface area contributed by atoms with Gasteiger partial charge in [0.1, 0.15) is 17.5 Å². The highest BCUT2D eigenvalue weighted by molar-refractivity contribution is 7.15. The number of furan rings is 1. The van der Waals surface area contributed by atoms with Crippen LogP contribution in [0.2, 0.25) is 0 Å². The molecule has 0 aliphatic carbocycles. The third kappa shape index (κ3) is 3.95. The Hall–Kier alpha value is -3.15. The number of rotatable bonds is 5. The minimum atomic E-state index is -0.347. The second-order valence-electron chi connectivity index (χ2n) is 7.03. The minimum absolute atomic E-state index is 0.0702. The molecule has 0 saturated carbocycles. The van der Waals surface area contributed by atoms with Gasteiger partial charge in [0, 0.05) is 31.1 Å². The number of nitrogens with zero attached hydrogens (tertiary/aromatic N) is 4. The zero-order chi connectivity index (χ0) is 21.1. The van der Waals surface area contributed by atoms with Crippen molar-refractivity contribution in [2.75, 3.05) is 33.3 Å². The molecule has 1 aromatic carbocycles. The van der Waals surface area contributed by atoms with E-state index in [1.807, 2.05) is 42.2 Å². The van der Waals surface area contributed by atoms with Crippen LogP contribution in [0.25, 0.3) is 10.8 Å². The predicted molar refractivity (Wildman–Crippen MR) is 113 cm³/mol. The zero-order valence-corrected chi connectivity index (χ0v) is 17.7. The summed E-state index contributed by atoms with van der Waals surface area (Å²) < 4.78 is 10.6. The Morgan fingerprint density at radius 1 is 1.23 bits per heavy atom. The number of aromatic nitrogens is 1. The number of methoxy groups -OCH3 is 1. The lowest BCUT2D eigenvalue weighted by atomic mass is 10.1. The quantitative estimate of drug-likeness (QED) is 0.623. The summed E-state index contributed by atoms with van der Waals surface area (Å²) in [5.74, 6) is 1.36. The average Bonchev–Trinajstić information content (AvgIpc) is 3.44. The topological polar surface area (TPSA) is 82.6 Å². The molecule has 0 radical (unpaired) electrons. The van der Waals surface area contributed by atoms with Crippen molar-refractivity contribution >= 4 is 17.2 Å². The smallest absolute Gasteiger partial charge is 0.273 e. The highest BCUT2D eigenvalue weighted by Crippen LogP contribution is 2.29. The molecule has 7 nitrogen and oxygen atoms in total. The SMILES string of the molecule is COc1ccc(C(C#N)N2CCN(C(=O)c3nc(-c4ccco4)sc3C)CC2)cc1. The molecule has 0 N–H and O–H groups in total. The molecule has 1 fully saturated rings. The van der Waals surface area contributed by atoms with E-state index in [1.54, 1.807) is 19.4 Å². The van der Waals surface area contributed by atoms with Gasteiger partial charge in [-0.2, -0.15) is 5.26 Å². The highest BCUT2D eigenvalue weighted by Gasteiger charge is 2.29. The normalized spacial score (nSPS) is 15.6. The Morgan fingerprint density at radius 2 is 1.97 bits per heavy atom. The lowest BCUT2D eigenvalue weighted by Crippen LogP contribution is -2.49. The van der Waals surface area contributed by atoms with Crippen LogP contribution < -0.4 is 4.74 Å². The lowest BCUT2D eigenvalue weighted by molar-refractivity contribution is 0.0601. The van der Waals surface area contributed by atoms with E-state index in [0.717, 1.165) is 16.2 Å². The van der Waals surface area contributed by atoms with E-state index in [1.165, 1.54) is 11.3 Å². The molecular weight excluding hydrogens is 400 g/mol. The van der Waals surface area contributed by atoms with Crippen molar-refractivity contribution < 1.29 is 13.9 Å². The molecular formula is C22H22N4O3S. The van der Waals surface area contributed by atoms with Crippen molar-refractivity contribution in [3.05, 3.63) is 58.8 Å². The number of hydrogen-bond donors (Lipinski definition) is 0. The van der Waals surface area contributed by atoms with Gasteiger partial charge in [-0.3, -0.25) is 9.69 Å². The first-order chi connectivity index (χ1) is 14.6. The third-order valence-corrected chi connectivity index (χ3v) is 6.24. The Labute approximate surface area is 179 Å². The maximum Gasteiger partial charge on any atom is 0.273 e. The second kappa shape index (κ2) is 8.69. The van der Waals surface area contributed by atoms with Crippen molar-refractivity contribution in [2.24, 2.45) is 0 Å². The summed E-state index contributed by atoms with van der Waals surface area (Å²) in [6, 6.07) is 13.2. The van der Waals surface area contributed by atoms with E-state index >= 15 is 0 Å². The van der Waals surface area contributed by atoms with Gasteiger partial charge in [0.05, 0.1) is 19.4 Å². The monoisotopic (exact) mass is 422 g/mol. The number of piperazine rings is 1. The molecule has 8 heteroatoms. The maximum atomic E-state index is 13.0. The van der Waals surface area contributed by atoms with E-state index in [-0.39, 0.29) is 11.9 Å². The number of hydrogen-bond acceptors (Lipinski definition) is 7. The number of carbonyl (C=O) groups excluding carboxylic acids is 1. The average molecular weight is 423 g/mol. The van der Waals surface area contributed by atoms with Crippen LogP contribution in [0.3, 0.4) is 0 Å². The van der Waals surface area contributed by atoms with Crippen molar-refractivity contribution in [2.45, 2.75) is 13.0 Å². The first-order valence-electron chi connectivity index (χ1n) is 9.69. The molecule has 1 saturated heterocycles. The summed E-state index contributed by atoms with van der Waals surface area (Å²) in [5, 5.41) is 10.4. The van der Waals surface area contributed by atoms with Crippen LogP contribution in [-0.2, 0) is 0 Å². The van der Waals surface area contributed by atoms with Crippen LogP contribution in [0.4, 0.5) is 0 Å². The van der Waals surface area contributed by atoms with Gasteiger partial charge in [-0.25, -0.2) is 4.98 Å². The molecule has 1 atom stereocenters. The van der Waals surface area contributed by atoms with Gasteiger partial charge in [-0.15, -0.1) is 11.3 Å². The molecule has 154 valence electrons. The van der Waals surface area contributed by atoms with Crippen molar-refractivity contribution in [1.82, 2.24) is 14.8 Å². The van der Waals surface area contributed by atoms with Crippen molar-refractivity contribution in [3.63, 3.8) is 0 Å². The van der Waals surface area contributed by atoms with Gasteiger partial charge in [0.25, 0.3) is 5.91 Å². The highest BCUT2D eigenvalue weighted by atomic mass is 32.1. The number of aryl methyl sites for hydroxylation is 1. The summed E-state index contributed by atoms with van der Waals surface area (Å²) in [5.41, 5.74) is 1.41. The molecule has 4 rings (SSSR count). The van der Waals surface area contributed by atoms with Crippen LogP contribution in [0.15, 0.2) is 47.1 Å². The molecule has 1 amide bonds. The van der Waals surface area contributed by atoms with Crippen LogP contribution in [0.5, 0.6) is 5.75 Å². The van der Waals surface area contributed by atoms with Gasteiger partial charge in [0.15, 0.2) is 10.8 Å². The van der Waals surface area contributed by atoms with E-state index in [9.17, 15) is 10.1 Å². The molecule has 0 spiro atoms. The molecule has 3 heterocycles. The molecule has 2 aromatic heterocycles. The maximum absolute atomic E-state index is 13.0. The minimum Gasteiger partial charge on any atom is -0.497 e. The first kappa shape index (κ1) is 20.1. The van der Waals surface area contributed by atoms with Gasteiger partial charge in [-0.1, -0.05) is 12.1 Å². The van der Waals surface area contributed by atoms with Crippen LogP contribution in [-0.4, -0.2) is 54.0 Å². The Bertz CT molecular complexity index is 1050. The standard InChI is InChI=1S/C22H22N4O3S/c1-15-20(24-21(30-15)19-4-3-13-29-19)22(27)26-11-9-25(10-12-26)18(14-23)16-5-7-17(28-2)8-6-16/h3-8,13,18H,9-12H2,1-2H3. The predicted octanol–water partition coefficient (Wildman–Crippen LogP) is 3.74. The third-order valence-electron chi connectivity index (χ3n) is 5.25. The fourth-order valence-corrected chi connectivity index (χ4v) is 4.46. The fraction of sp³-hybridized carbons (Fsp3) is 0.318. The number of benzene rings is 1. The van der Waals surface area contributed by atoms with E-state index in [0.29, 0.717) is 42.6 Å². The first-order valence-corrected chi connectivity index (χ1v) is 10.5. The van der Waals surface area contributed by atoms with Crippen LogP contribution >= 0.6 is 11.3 Å². The van der Waals surface area contributed by atoms with E-state index < -0.39 is 0 Å². The van der Waals surface area contributed by atoms with E-state index in [2.05, 4.69) is 16.0 Å². The van der Waals surface area contributed by atoms with Crippen molar-refractivity contribution in [1.29, 1.82) is 5.26 Å². The lowest BCUT2D eigenvalue weighted by Gasteiger charge is -2.36. The van der Waals surface area contributed by atoms with Gasteiger partial charge in [-0.05, 0) is 36.8 Å². The number of amides is 1. The van der Waals surface area contributed by atoms with Crippen molar-refractivity contribution in [3.8, 4) is 22.6 Å². The number of thiazole rings is 1. The molecule has 0 bridgehead atoms.